The number of likely N-dealkylation sites (tertiary alicyclic amines) is 1. The van der Waals surface area contributed by atoms with E-state index in [9.17, 15) is 14.4 Å². The van der Waals surface area contributed by atoms with E-state index in [1.54, 1.807) is 19.1 Å². The van der Waals surface area contributed by atoms with Crippen LogP contribution in [0, 0.1) is 0 Å². The lowest BCUT2D eigenvalue weighted by molar-refractivity contribution is -0.172. The van der Waals surface area contributed by atoms with E-state index in [0.717, 1.165) is 5.56 Å². The van der Waals surface area contributed by atoms with Crippen molar-refractivity contribution in [3.8, 4) is 5.75 Å². The second-order valence-corrected chi connectivity index (χ2v) is 6.62. The minimum atomic E-state index is -1.18. The summed E-state index contributed by atoms with van der Waals surface area (Å²) in [5.74, 6) is -0.840. The van der Waals surface area contributed by atoms with Gasteiger partial charge in [0.2, 0.25) is 6.10 Å². The topological polar surface area (TPSA) is 72.9 Å². The van der Waals surface area contributed by atoms with Gasteiger partial charge in [-0.15, -0.1) is 5.73 Å². The standard InChI is InChI=1S/C23H21NO5/c1-4-15(2)20(25)19-21(22(26)24(19)14-16-8-6-5-7-9-16)29-23(27)17-10-12-18(28-3)13-11-17/h5-13,19,21H,1,14H2,2-3H3/t19-,21+/m0/s1. The van der Waals surface area contributed by atoms with Gasteiger partial charge in [-0.25, -0.2) is 4.79 Å². The van der Waals surface area contributed by atoms with Crippen LogP contribution >= 0.6 is 0 Å². The van der Waals surface area contributed by atoms with Crippen LogP contribution in [0.5, 0.6) is 5.75 Å². The molecule has 2 aromatic rings. The van der Waals surface area contributed by atoms with E-state index in [4.69, 9.17) is 9.47 Å². The first-order chi connectivity index (χ1) is 14.0. The van der Waals surface area contributed by atoms with Crippen molar-refractivity contribution in [1.82, 2.24) is 4.90 Å². The number of carbonyl (C=O) groups is 3. The van der Waals surface area contributed by atoms with Crippen molar-refractivity contribution in [3.05, 3.63) is 83.6 Å². The largest absolute Gasteiger partial charge is 0.497 e. The highest BCUT2D eigenvalue weighted by Crippen LogP contribution is 2.29. The minimum Gasteiger partial charge on any atom is -0.497 e. The van der Waals surface area contributed by atoms with E-state index >= 15 is 0 Å². The molecule has 1 fully saturated rings. The Morgan fingerprint density at radius 1 is 1.10 bits per heavy atom. The Hall–Kier alpha value is -3.63. The van der Waals surface area contributed by atoms with E-state index in [1.165, 1.54) is 24.1 Å². The molecule has 0 unspecified atom stereocenters. The summed E-state index contributed by atoms with van der Waals surface area (Å²) in [6.07, 6.45) is -1.18. The van der Waals surface area contributed by atoms with Crippen LogP contribution in [0.1, 0.15) is 22.8 Å². The fourth-order valence-corrected chi connectivity index (χ4v) is 3.09. The van der Waals surface area contributed by atoms with Gasteiger partial charge in [-0.3, -0.25) is 9.59 Å². The number of ether oxygens (including phenoxy) is 2. The molecule has 0 saturated carbocycles. The third-order valence-electron chi connectivity index (χ3n) is 4.81. The summed E-state index contributed by atoms with van der Waals surface area (Å²) in [4.78, 5) is 39.4. The molecule has 1 amide bonds. The van der Waals surface area contributed by atoms with Crippen molar-refractivity contribution in [1.29, 1.82) is 0 Å². The Kier molecular flexibility index (Phi) is 5.96. The number of methoxy groups -OCH3 is 1. The summed E-state index contributed by atoms with van der Waals surface area (Å²) >= 11 is 0. The van der Waals surface area contributed by atoms with Crippen molar-refractivity contribution < 1.29 is 23.9 Å². The molecule has 3 rings (SSSR count). The smallest absolute Gasteiger partial charge is 0.339 e. The fraction of sp³-hybridized carbons (Fsp3) is 0.217. The van der Waals surface area contributed by atoms with Gasteiger partial charge in [-0.2, -0.15) is 0 Å². The molecule has 1 heterocycles. The molecule has 0 spiro atoms. The molecular weight excluding hydrogens is 370 g/mol. The normalized spacial score (nSPS) is 17.7. The zero-order valence-electron chi connectivity index (χ0n) is 16.3. The van der Waals surface area contributed by atoms with E-state index in [0.29, 0.717) is 5.75 Å². The molecule has 0 aliphatic carbocycles. The Bertz CT molecular complexity index is 974. The zero-order chi connectivity index (χ0) is 21.0. The Labute approximate surface area is 169 Å². The molecule has 2 atom stereocenters. The number of nitrogens with zero attached hydrogens (tertiary/aromatic N) is 1. The summed E-state index contributed by atoms with van der Waals surface area (Å²) in [6.45, 7) is 5.31. The first kappa shape index (κ1) is 20.1. The van der Waals surface area contributed by atoms with Crippen LogP contribution in [0.2, 0.25) is 0 Å². The number of esters is 1. The predicted molar refractivity (Wildman–Crippen MR) is 106 cm³/mol. The number of Topliss-reactive ketones (excluding diaryl/α,β-unsaturated/α-hetero) is 1. The molecule has 0 bridgehead atoms. The van der Waals surface area contributed by atoms with Crippen LogP contribution < -0.4 is 4.74 Å². The van der Waals surface area contributed by atoms with Crippen molar-refractivity contribution >= 4 is 17.7 Å². The molecule has 1 aliphatic heterocycles. The highest BCUT2D eigenvalue weighted by molar-refractivity contribution is 6.09. The summed E-state index contributed by atoms with van der Waals surface area (Å²) in [6, 6.07) is 14.7. The van der Waals surface area contributed by atoms with Gasteiger partial charge in [0.25, 0.3) is 5.91 Å². The summed E-state index contributed by atoms with van der Waals surface area (Å²) < 4.78 is 10.5. The molecule has 1 aliphatic rings. The highest BCUT2D eigenvalue weighted by Gasteiger charge is 2.54. The second-order valence-electron chi connectivity index (χ2n) is 6.62. The quantitative estimate of drug-likeness (QED) is 0.314. The van der Waals surface area contributed by atoms with Crippen LogP contribution in [-0.4, -0.2) is 41.8 Å². The Balaban J connectivity index is 1.80. The molecule has 0 aromatic heterocycles. The van der Waals surface area contributed by atoms with Gasteiger partial charge in [0.15, 0.2) is 5.78 Å². The van der Waals surface area contributed by atoms with E-state index in [1.807, 2.05) is 30.3 Å². The van der Waals surface area contributed by atoms with Gasteiger partial charge in [-0.05, 0) is 36.8 Å². The maximum Gasteiger partial charge on any atom is 0.339 e. The van der Waals surface area contributed by atoms with Crippen molar-refractivity contribution in [2.45, 2.75) is 25.6 Å². The van der Waals surface area contributed by atoms with Crippen molar-refractivity contribution in [3.63, 3.8) is 0 Å². The molecule has 2 aromatic carbocycles. The number of rotatable bonds is 7. The van der Waals surface area contributed by atoms with Gasteiger partial charge in [-0.1, -0.05) is 36.9 Å². The number of hydrogen-bond donors (Lipinski definition) is 0. The number of amides is 1. The van der Waals surface area contributed by atoms with Crippen LogP contribution in [-0.2, 0) is 20.9 Å². The maximum atomic E-state index is 12.8. The lowest BCUT2D eigenvalue weighted by Crippen LogP contribution is -2.68. The predicted octanol–water partition coefficient (Wildman–Crippen LogP) is 2.93. The molecule has 6 nitrogen and oxygen atoms in total. The molecule has 0 radical (unpaired) electrons. The molecule has 29 heavy (non-hydrogen) atoms. The van der Waals surface area contributed by atoms with Gasteiger partial charge < -0.3 is 14.4 Å². The summed E-state index contributed by atoms with van der Waals surface area (Å²) in [5, 5.41) is 0. The molecule has 1 saturated heterocycles. The molecule has 6 heteroatoms. The van der Waals surface area contributed by atoms with E-state index < -0.39 is 24.0 Å². The molecular formula is C23H21NO5. The average molecular weight is 391 g/mol. The summed E-state index contributed by atoms with van der Waals surface area (Å²) in [7, 11) is 1.52. The van der Waals surface area contributed by atoms with Gasteiger partial charge >= 0.3 is 5.97 Å². The third-order valence-corrected chi connectivity index (χ3v) is 4.81. The number of carbonyl (C=O) groups excluding carboxylic acids is 3. The first-order valence-corrected chi connectivity index (χ1v) is 9.06. The monoisotopic (exact) mass is 391 g/mol. The second kappa shape index (κ2) is 8.59. The fourth-order valence-electron chi connectivity index (χ4n) is 3.09. The summed E-state index contributed by atoms with van der Waals surface area (Å²) in [5.41, 5.74) is 3.98. The molecule has 148 valence electrons. The zero-order valence-corrected chi connectivity index (χ0v) is 16.3. The number of ketones is 1. The lowest BCUT2D eigenvalue weighted by Gasteiger charge is -2.45. The average Bonchev–Trinajstić information content (AvgIpc) is 2.77. The molecule has 0 N–H and O–H groups in total. The van der Waals surface area contributed by atoms with Gasteiger partial charge in [0.1, 0.15) is 11.8 Å². The van der Waals surface area contributed by atoms with Crippen molar-refractivity contribution in [2.24, 2.45) is 0 Å². The first-order valence-electron chi connectivity index (χ1n) is 9.06. The number of β-lactam (4-membered cyclic amide) rings is 1. The van der Waals surface area contributed by atoms with Crippen molar-refractivity contribution in [2.75, 3.05) is 7.11 Å². The van der Waals surface area contributed by atoms with Crippen LogP contribution in [0.3, 0.4) is 0 Å². The lowest BCUT2D eigenvalue weighted by atomic mass is 9.89. The van der Waals surface area contributed by atoms with Crippen LogP contribution in [0.15, 0.2) is 72.5 Å². The Morgan fingerprint density at radius 3 is 2.34 bits per heavy atom. The maximum absolute atomic E-state index is 12.8. The third kappa shape index (κ3) is 4.13. The number of hydrogen-bond acceptors (Lipinski definition) is 5. The van der Waals surface area contributed by atoms with E-state index in [2.05, 4.69) is 12.3 Å². The van der Waals surface area contributed by atoms with E-state index in [-0.39, 0.29) is 23.5 Å². The van der Waals surface area contributed by atoms with Crippen LogP contribution in [0.4, 0.5) is 0 Å². The SMILES string of the molecule is C=C=C(C)C(=O)[C@H]1[C@@H](OC(=O)c2ccc(OC)cc2)C(=O)N1Cc1ccccc1. The number of benzene rings is 2. The van der Waals surface area contributed by atoms with Gasteiger partial charge in [0, 0.05) is 12.1 Å². The van der Waals surface area contributed by atoms with Crippen LogP contribution in [0.25, 0.3) is 0 Å². The minimum absolute atomic E-state index is 0.247. The Morgan fingerprint density at radius 2 is 1.76 bits per heavy atom. The van der Waals surface area contributed by atoms with Gasteiger partial charge in [0.05, 0.1) is 12.7 Å². The highest BCUT2D eigenvalue weighted by atomic mass is 16.6.